The van der Waals surface area contributed by atoms with Crippen molar-refractivity contribution in [1.29, 1.82) is 0 Å². The molecule has 0 amide bonds. The van der Waals surface area contributed by atoms with Gasteiger partial charge in [0.15, 0.2) is 0 Å². The molecule has 0 saturated heterocycles. The van der Waals surface area contributed by atoms with Crippen LogP contribution in [0.3, 0.4) is 0 Å². The number of hydrogen-bond donors (Lipinski definition) is 0. The summed E-state index contributed by atoms with van der Waals surface area (Å²) in [6.07, 6.45) is 18.3. The predicted octanol–water partition coefficient (Wildman–Crippen LogP) is 6.30. The van der Waals surface area contributed by atoms with E-state index in [4.69, 9.17) is 0 Å². The molecule has 4 unspecified atom stereocenters. The maximum absolute atomic E-state index is 2.99. The lowest BCUT2D eigenvalue weighted by Crippen LogP contribution is -2.12. The first-order valence-electron chi connectivity index (χ1n) is 8.68. The van der Waals surface area contributed by atoms with Crippen molar-refractivity contribution >= 4 is 18.5 Å². The molecule has 0 radical (unpaired) electrons. The third kappa shape index (κ3) is 12.3. The average Bonchev–Trinajstić information content (AvgIpc) is 2.44. The normalized spacial score (nSPS) is 14.5. The summed E-state index contributed by atoms with van der Waals surface area (Å²) in [6.45, 7) is 4.60. The molecule has 0 rings (SSSR count). The fourth-order valence-electron chi connectivity index (χ4n) is 2.85. The van der Waals surface area contributed by atoms with Crippen LogP contribution in [0.1, 0.15) is 84.5 Å². The molecule has 19 heavy (non-hydrogen) atoms. The van der Waals surface area contributed by atoms with E-state index in [0.717, 1.165) is 11.8 Å². The van der Waals surface area contributed by atoms with Crippen molar-refractivity contribution in [2.75, 3.05) is 12.3 Å². The van der Waals surface area contributed by atoms with E-state index in [2.05, 4.69) is 32.3 Å². The summed E-state index contributed by atoms with van der Waals surface area (Å²) in [5, 5.41) is 0. The number of hydrogen-bond acceptors (Lipinski definition) is 0. The highest BCUT2D eigenvalue weighted by Crippen LogP contribution is 2.26. The van der Waals surface area contributed by atoms with Gasteiger partial charge in [0.25, 0.3) is 0 Å². The van der Waals surface area contributed by atoms with Gasteiger partial charge in [0.2, 0.25) is 0 Å². The standard InChI is InChI=1S/C17H38P2/c1-3-5-7-9-11-16(14-18)13-17(15-19)12-10-8-6-4-2/h16-17H,3-15,18-19H2,1-2H3. The van der Waals surface area contributed by atoms with E-state index in [1.807, 2.05) is 0 Å². The van der Waals surface area contributed by atoms with Crippen LogP contribution in [0.5, 0.6) is 0 Å². The zero-order valence-electron chi connectivity index (χ0n) is 13.5. The van der Waals surface area contributed by atoms with E-state index in [1.54, 1.807) is 0 Å². The van der Waals surface area contributed by atoms with Crippen LogP contribution in [0.25, 0.3) is 0 Å². The lowest BCUT2D eigenvalue weighted by Gasteiger charge is -2.21. The second-order valence-corrected chi connectivity index (χ2v) is 7.08. The summed E-state index contributed by atoms with van der Waals surface area (Å²) in [5.41, 5.74) is 0. The average molecular weight is 304 g/mol. The Morgan fingerprint density at radius 1 is 0.632 bits per heavy atom. The Morgan fingerprint density at radius 2 is 1.05 bits per heavy atom. The molecule has 0 nitrogen and oxygen atoms in total. The fraction of sp³-hybridized carbons (Fsp3) is 1.00. The maximum Gasteiger partial charge on any atom is -0.0353 e. The van der Waals surface area contributed by atoms with E-state index < -0.39 is 0 Å². The molecule has 0 heterocycles. The Morgan fingerprint density at radius 3 is 1.37 bits per heavy atom. The summed E-state index contributed by atoms with van der Waals surface area (Å²) in [4.78, 5) is 0. The van der Waals surface area contributed by atoms with Gasteiger partial charge in [0.1, 0.15) is 0 Å². The second kappa shape index (κ2) is 15.3. The molecule has 0 aliphatic heterocycles. The summed E-state index contributed by atoms with van der Waals surface area (Å²) in [7, 11) is 5.97. The van der Waals surface area contributed by atoms with E-state index in [-0.39, 0.29) is 0 Å². The van der Waals surface area contributed by atoms with Gasteiger partial charge in [-0.1, -0.05) is 78.1 Å². The predicted molar refractivity (Wildman–Crippen MR) is 98.3 cm³/mol. The van der Waals surface area contributed by atoms with Gasteiger partial charge in [-0.05, 0) is 30.6 Å². The Labute approximate surface area is 127 Å². The molecule has 0 aliphatic carbocycles. The van der Waals surface area contributed by atoms with Gasteiger partial charge in [0, 0.05) is 0 Å². The molecular formula is C17H38P2. The van der Waals surface area contributed by atoms with Crippen LogP contribution >= 0.6 is 18.5 Å². The molecule has 0 aromatic carbocycles. The third-order valence-corrected chi connectivity index (χ3v) is 5.60. The van der Waals surface area contributed by atoms with Gasteiger partial charge in [-0.25, -0.2) is 0 Å². The molecule has 0 N–H and O–H groups in total. The van der Waals surface area contributed by atoms with Gasteiger partial charge in [0.05, 0.1) is 0 Å². The minimum Gasteiger partial charge on any atom is -0.137 e. The van der Waals surface area contributed by atoms with Crippen LogP contribution in [0.2, 0.25) is 0 Å². The zero-order valence-corrected chi connectivity index (χ0v) is 15.8. The molecule has 116 valence electrons. The highest BCUT2D eigenvalue weighted by atomic mass is 31.0. The van der Waals surface area contributed by atoms with Crippen LogP contribution in [-0.4, -0.2) is 12.3 Å². The molecule has 0 fully saturated rings. The molecular weight excluding hydrogens is 266 g/mol. The molecule has 4 atom stereocenters. The summed E-state index contributed by atoms with van der Waals surface area (Å²) >= 11 is 0. The summed E-state index contributed by atoms with van der Waals surface area (Å²) in [6, 6.07) is 0. The van der Waals surface area contributed by atoms with Gasteiger partial charge >= 0.3 is 0 Å². The Hall–Kier alpha value is 0.860. The van der Waals surface area contributed by atoms with Crippen molar-refractivity contribution in [3.8, 4) is 0 Å². The van der Waals surface area contributed by atoms with Crippen LogP contribution in [0, 0.1) is 11.8 Å². The highest BCUT2D eigenvalue weighted by molar-refractivity contribution is 7.16. The fourth-order valence-corrected chi connectivity index (χ4v) is 3.71. The molecule has 0 aromatic heterocycles. The van der Waals surface area contributed by atoms with Crippen molar-refractivity contribution in [2.24, 2.45) is 11.8 Å². The van der Waals surface area contributed by atoms with Gasteiger partial charge in [-0.2, -0.15) is 0 Å². The lowest BCUT2D eigenvalue weighted by atomic mass is 9.89. The topological polar surface area (TPSA) is 0 Å². The monoisotopic (exact) mass is 304 g/mol. The van der Waals surface area contributed by atoms with Crippen LogP contribution < -0.4 is 0 Å². The van der Waals surface area contributed by atoms with Gasteiger partial charge < -0.3 is 0 Å². The number of unbranched alkanes of at least 4 members (excludes halogenated alkanes) is 6. The van der Waals surface area contributed by atoms with Crippen LogP contribution in [-0.2, 0) is 0 Å². The van der Waals surface area contributed by atoms with Crippen molar-refractivity contribution in [3.05, 3.63) is 0 Å². The number of rotatable bonds is 14. The van der Waals surface area contributed by atoms with Crippen molar-refractivity contribution < 1.29 is 0 Å². The lowest BCUT2D eigenvalue weighted by molar-refractivity contribution is 0.366. The molecule has 0 aromatic rings. The van der Waals surface area contributed by atoms with Gasteiger partial charge in [-0.3, -0.25) is 0 Å². The summed E-state index contributed by atoms with van der Waals surface area (Å²) < 4.78 is 0. The zero-order chi connectivity index (χ0) is 14.3. The molecule has 0 saturated carbocycles. The molecule has 0 bridgehead atoms. The van der Waals surface area contributed by atoms with Crippen LogP contribution in [0.15, 0.2) is 0 Å². The SMILES string of the molecule is CCCCCCC(CP)CC(CP)CCCCCC. The van der Waals surface area contributed by atoms with Gasteiger partial charge in [-0.15, -0.1) is 18.5 Å². The first-order valence-corrected chi connectivity index (χ1v) is 10.3. The smallest absolute Gasteiger partial charge is 0.0353 e. The third-order valence-electron chi connectivity index (χ3n) is 4.27. The van der Waals surface area contributed by atoms with Crippen molar-refractivity contribution in [1.82, 2.24) is 0 Å². The Balaban J connectivity index is 3.76. The Bertz CT molecular complexity index is 153. The van der Waals surface area contributed by atoms with Crippen LogP contribution in [0.4, 0.5) is 0 Å². The van der Waals surface area contributed by atoms with E-state index in [0.29, 0.717) is 0 Å². The minimum atomic E-state index is 0.957. The Kier molecular flexibility index (Phi) is 15.9. The highest BCUT2D eigenvalue weighted by Gasteiger charge is 2.13. The van der Waals surface area contributed by atoms with Crippen molar-refractivity contribution in [2.45, 2.75) is 84.5 Å². The molecule has 2 heteroatoms. The van der Waals surface area contributed by atoms with E-state index in [1.165, 1.54) is 83.0 Å². The molecule has 0 spiro atoms. The minimum absolute atomic E-state index is 0.957. The first-order chi connectivity index (χ1) is 9.28. The largest absolute Gasteiger partial charge is 0.137 e. The van der Waals surface area contributed by atoms with E-state index in [9.17, 15) is 0 Å². The first kappa shape index (κ1) is 19.9. The molecule has 0 aliphatic rings. The maximum atomic E-state index is 2.99. The quantitative estimate of drug-likeness (QED) is 0.261. The second-order valence-electron chi connectivity index (χ2n) is 6.14. The van der Waals surface area contributed by atoms with E-state index >= 15 is 0 Å². The summed E-state index contributed by atoms with van der Waals surface area (Å²) in [5.74, 6) is 1.91. The van der Waals surface area contributed by atoms with Crippen molar-refractivity contribution in [3.63, 3.8) is 0 Å².